The van der Waals surface area contributed by atoms with Crippen LogP contribution in [0.5, 0.6) is 11.6 Å². The van der Waals surface area contributed by atoms with Crippen LogP contribution in [0.1, 0.15) is 12.5 Å². The molecule has 0 spiro atoms. The zero-order chi connectivity index (χ0) is 22.4. The molecule has 2 heterocycles. The Morgan fingerprint density at radius 1 is 1.19 bits per heavy atom. The molecular formula is C21H25F4N5O. The van der Waals surface area contributed by atoms with Crippen LogP contribution in [-0.4, -0.2) is 66.2 Å². The van der Waals surface area contributed by atoms with Gasteiger partial charge in [-0.3, -0.25) is 9.89 Å². The van der Waals surface area contributed by atoms with Gasteiger partial charge in [0.15, 0.2) is 5.96 Å². The van der Waals surface area contributed by atoms with Gasteiger partial charge >= 0.3 is 6.18 Å². The van der Waals surface area contributed by atoms with Gasteiger partial charge in [0.05, 0.1) is 0 Å². The number of hydrogen-bond donors (Lipinski definition) is 1. The van der Waals surface area contributed by atoms with E-state index in [-0.39, 0.29) is 0 Å². The molecule has 0 amide bonds. The van der Waals surface area contributed by atoms with Gasteiger partial charge in [0, 0.05) is 57.6 Å². The van der Waals surface area contributed by atoms with Gasteiger partial charge in [-0.1, -0.05) is 12.1 Å². The minimum absolute atomic E-state index is 0.294. The standard InChI is InChI=1S/C21H25F4N5O/c1-15(21(23,24)25)29-9-11-30(12-10-29)20(26-2)28-14-16-5-4-8-27-19(16)31-18-7-3-6-17(22)13-18/h3-8,13,15H,9-12,14H2,1-2H3,(H,26,28). The number of aliphatic imine (C=N–C) groups is 1. The summed E-state index contributed by atoms with van der Waals surface area (Å²) >= 11 is 0. The highest BCUT2D eigenvalue weighted by Crippen LogP contribution is 2.26. The average molecular weight is 439 g/mol. The lowest BCUT2D eigenvalue weighted by molar-refractivity contribution is -0.181. The maximum Gasteiger partial charge on any atom is 0.403 e. The number of alkyl halides is 3. The molecule has 0 aliphatic carbocycles. The Morgan fingerprint density at radius 3 is 2.58 bits per heavy atom. The molecule has 1 aliphatic heterocycles. The summed E-state index contributed by atoms with van der Waals surface area (Å²) in [7, 11) is 1.63. The summed E-state index contributed by atoms with van der Waals surface area (Å²) < 4.78 is 58.0. The molecule has 1 fully saturated rings. The Hall–Kier alpha value is -2.88. The normalized spacial score (nSPS) is 16.8. The smallest absolute Gasteiger partial charge is 0.403 e. The van der Waals surface area contributed by atoms with Crippen molar-refractivity contribution in [3.63, 3.8) is 0 Å². The van der Waals surface area contributed by atoms with E-state index in [0.29, 0.717) is 50.3 Å². The van der Waals surface area contributed by atoms with E-state index in [4.69, 9.17) is 4.74 Å². The highest BCUT2D eigenvalue weighted by atomic mass is 19.4. The van der Waals surface area contributed by atoms with E-state index in [1.165, 1.54) is 24.0 Å². The van der Waals surface area contributed by atoms with Crippen LogP contribution in [0.15, 0.2) is 47.6 Å². The fourth-order valence-electron chi connectivity index (χ4n) is 3.33. The van der Waals surface area contributed by atoms with Crippen LogP contribution in [-0.2, 0) is 6.54 Å². The number of benzene rings is 1. The summed E-state index contributed by atoms with van der Waals surface area (Å²) in [5, 5.41) is 3.21. The quantitative estimate of drug-likeness (QED) is 0.438. The SMILES string of the molecule is CN=C(NCc1cccnc1Oc1cccc(F)c1)N1CCN(C(C)C(F)(F)F)CC1. The monoisotopic (exact) mass is 439 g/mol. The number of nitrogens with one attached hydrogen (secondary N) is 1. The Balaban J connectivity index is 1.59. The van der Waals surface area contributed by atoms with Crippen LogP contribution in [0.3, 0.4) is 0 Å². The highest BCUT2D eigenvalue weighted by Gasteiger charge is 2.41. The Kier molecular flexibility index (Phi) is 7.32. The summed E-state index contributed by atoms with van der Waals surface area (Å²) in [6.07, 6.45) is -2.66. The summed E-state index contributed by atoms with van der Waals surface area (Å²) in [4.78, 5) is 11.8. The van der Waals surface area contributed by atoms with Crippen LogP contribution in [0, 0.1) is 5.82 Å². The van der Waals surface area contributed by atoms with Gasteiger partial charge in [0.25, 0.3) is 0 Å². The molecule has 168 valence electrons. The molecule has 1 saturated heterocycles. The van der Waals surface area contributed by atoms with Crippen LogP contribution in [0.25, 0.3) is 0 Å². The molecule has 1 aromatic heterocycles. The zero-order valence-electron chi connectivity index (χ0n) is 17.4. The second kappa shape index (κ2) is 9.95. The van der Waals surface area contributed by atoms with Gasteiger partial charge < -0.3 is 15.0 Å². The number of aromatic nitrogens is 1. The van der Waals surface area contributed by atoms with Crippen molar-refractivity contribution >= 4 is 5.96 Å². The van der Waals surface area contributed by atoms with Gasteiger partial charge in [-0.05, 0) is 25.1 Å². The zero-order valence-corrected chi connectivity index (χ0v) is 17.4. The lowest BCUT2D eigenvalue weighted by atomic mass is 10.2. The van der Waals surface area contributed by atoms with E-state index in [1.807, 2.05) is 11.0 Å². The first-order chi connectivity index (χ1) is 14.8. The third-order valence-electron chi connectivity index (χ3n) is 5.14. The molecule has 0 radical (unpaired) electrons. The van der Waals surface area contributed by atoms with E-state index in [1.54, 1.807) is 31.4 Å². The number of pyridine rings is 1. The molecule has 0 bridgehead atoms. The molecule has 3 rings (SSSR count). The van der Waals surface area contributed by atoms with Crippen LogP contribution >= 0.6 is 0 Å². The molecule has 1 unspecified atom stereocenters. The van der Waals surface area contributed by atoms with Gasteiger partial charge in [0.2, 0.25) is 5.88 Å². The highest BCUT2D eigenvalue weighted by molar-refractivity contribution is 5.80. The Labute approximate surface area is 178 Å². The van der Waals surface area contributed by atoms with Gasteiger partial charge in [-0.15, -0.1) is 0 Å². The van der Waals surface area contributed by atoms with Crippen molar-refractivity contribution < 1.29 is 22.3 Å². The number of halogens is 4. The number of guanidine groups is 1. The van der Waals surface area contributed by atoms with Crippen molar-refractivity contribution in [1.82, 2.24) is 20.1 Å². The molecule has 1 atom stereocenters. The number of ether oxygens (including phenoxy) is 1. The van der Waals surface area contributed by atoms with Crippen molar-refractivity contribution in [2.24, 2.45) is 4.99 Å². The number of hydrogen-bond acceptors (Lipinski definition) is 4. The molecule has 6 nitrogen and oxygen atoms in total. The fourth-order valence-corrected chi connectivity index (χ4v) is 3.33. The van der Waals surface area contributed by atoms with Crippen molar-refractivity contribution in [1.29, 1.82) is 0 Å². The number of rotatable bonds is 5. The van der Waals surface area contributed by atoms with E-state index < -0.39 is 18.0 Å². The van der Waals surface area contributed by atoms with Crippen molar-refractivity contribution in [3.05, 3.63) is 54.0 Å². The minimum Gasteiger partial charge on any atom is -0.439 e. The first-order valence-corrected chi connectivity index (χ1v) is 9.91. The van der Waals surface area contributed by atoms with Crippen LogP contribution < -0.4 is 10.1 Å². The lowest BCUT2D eigenvalue weighted by Crippen LogP contribution is -2.56. The maximum absolute atomic E-state index is 13.4. The van der Waals surface area contributed by atoms with Crippen molar-refractivity contribution in [3.8, 4) is 11.6 Å². The second-order valence-electron chi connectivity index (χ2n) is 7.17. The van der Waals surface area contributed by atoms with Crippen molar-refractivity contribution in [2.45, 2.75) is 25.7 Å². The molecular weight excluding hydrogens is 414 g/mol. The molecule has 10 heteroatoms. The van der Waals surface area contributed by atoms with Gasteiger partial charge in [-0.2, -0.15) is 13.2 Å². The molecule has 1 N–H and O–H groups in total. The van der Waals surface area contributed by atoms with Crippen LogP contribution in [0.4, 0.5) is 17.6 Å². The molecule has 0 saturated carbocycles. The number of nitrogens with zero attached hydrogens (tertiary/aromatic N) is 4. The Bertz CT molecular complexity index is 897. The van der Waals surface area contributed by atoms with Crippen molar-refractivity contribution in [2.75, 3.05) is 33.2 Å². The van der Waals surface area contributed by atoms with E-state index in [9.17, 15) is 17.6 Å². The second-order valence-corrected chi connectivity index (χ2v) is 7.17. The molecule has 1 aromatic carbocycles. The predicted octanol–water partition coefficient (Wildman–Crippen LogP) is 3.66. The summed E-state index contributed by atoms with van der Waals surface area (Å²) in [5.41, 5.74) is 0.734. The van der Waals surface area contributed by atoms with E-state index >= 15 is 0 Å². The fraction of sp³-hybridized carbons (Fsp3) is 0.429. The first kappa shape index (κ1) is 22.8. The summed E-state index contributed by atoms with van der Waals surface area (Å²) in [6.45, 7) is 2.97. The molecule has 2 aromatic rings. The Morgan fingerprint density at radius 2 is 1.94 bits per heavy atom. The maximum atomic E-state index is 13.4. The molecule has 1 aliphatic rings. The summed E-state index contributed by atoms with van der Waals surface area (Å²) in [6, 6.07) is 7.89. The van der Waals surface area contributed by atoms with Gasteiger partial charge in [-0.25, -0.2) is 9.37 Å². The number of piperazine rings is 1. The summed E-state index contributed by atoms with van der Waals surface area (Å²) in [5.74, 6) is 0.839. The van der Waals surface area contributed by atoms with Crippen LogP contribution in [0.2, 0.25) is 0 Å². The third kappa shape index (κ3) is 6.06. The third-order valence-corrected chi connectivity index (χ3v) is 5.14. The largest absolute Gasteiger partial charge is 0.439 e. The van der Waals surface area contributed by atoms with E-state index in [0.717, 1.165) is 5.56 Å². The predicted molar refractivity (Wildman–Crippen MR) is 110 cm³/mol. The minimum atomic E-state index is -4.24. The first-order valence-electron chi connectivity index (χ1n) is 9.91. The molecule has 31 heavy (non-hydrogen) atoms. The van der Waals surface area contributed by atoms with E-state index in [2.05, 4.69) is 15.3 Å². The topological polar surface area (TPSA) is 53.0 Å². The average Bonchev–Trinajstić information content (AvgIpc) is 2.74. The lowest BCUT2D eigenvalue weighted by Gasteiger charge is -2.39. The van der Waals surface area contributed by atoms with Gasteiger partial charge in [0.1, 0.15) is 17.6 Å².